The molecular formula is C14H19FN5O5P. The molecule has 2 aromatic rings. The third-order valence-electron chi connectivity index (χ3n) is 4.34. The minimum atomic E-state index is -3.66. The van der Waals surface area contributed by atoms with E-state index in [9.17, 15) is 8.96 Å². The lowest BCUT2D eigenvalue weighted by Crippen LogP contribution is -2.45. The average Bonchev–Trinajstić information content (AvgIpc) is 3.07. The van der Waals surface area contributed by atoms with Crippen LogP contribution in [0.1, 0.15) is 33.4 Å². The molecule has 10 nitrogen and oxygen atoms in total. The Morgan fingerprint density at radius 3 is 3.00 bits per heavy atom. The van der Waals surface area contributed by atoms with Crippen LogP contribution in [-0.2, 0) is 22.9 Å². The van der Waals surface area contributed by atoms with Gasteiger partial charge in [0.1, 0.15) is 17.9 Å². The minimum Gasteiger partial charge on any atom is -0.382 e. The van der Waals surface area contributed by atoms with Crippen LogP contribution in [-0.4, -0.2) is 43.9 Å². The summed E-state index contributed by atoms with van der Waals surface area (Å²) >= 11 is 0. The number of rotatable bonds is 3. The number of halogens is 1. The summed E-state index contributed by atoms with van der Waals surface area (Å²) in [6, 6.07) is 0. The van der Waals surface area contributed by atoms with E-state index >= 15 is 0 Å². The number of phosphoric ester groups is 1. The van der Waals surface area contributed by atoms with Gasteiger partial charge < -0.3 is 10.5 Å². The zero-order valence-corrected chi connectivity index (χ0v) is 15.4. The van der Waals surface area contributed by atoms with Gasteiger partial charge >= 0.3 is 13.9 Å². The van der Waals surface area contributed by atoms with Crippen LogP contribution >= 0.6 is 7.82 Å². The molecule has 2 aliphatic rings. The summed E-state index contributed by atoms with van der Waals surface area (Å²) in [6.07, 6.45) is -0.588. The fraction of sp³-hybridized carbons (Fsp3) is 0.643. The molecule has 12 heteroatoms. The lowest BCUT2D eigenvalue weighted by Gasteiger charge is -2.37. The molecule has 2 aromatic heterocycles. The van der Waals surface area contributed by atoms with Gasteiger partial charge in [0.2, 0.25) is 0 Å². The highest BCUT2D eigenvalue weighted by molar-refractivity contribution is 7.48. The van der Waals surface area contributed by atoms with Crippen molar-refractivity contribution in [2.24, 2.45) is 0 Å². The molecule has 4 heterocycles. The van der Waals surface area contributed by atoms with E-state index in [4.69, 9.17) is 24.0 Å². The SMILES string of the molecule is CC(C)OP1(=O)OC[C@@]2(C)O[C@@H](n3cnc4c(N)nc(F)nc43)C[C@@H]2O1. The second-order valence-corrected chi connectivity index (χ2v) is 8.37. The van der Waals surface area contributed by atoms with Crippen LogP contribution in [0.3, 0.4) is 0 Å². The van der Waals surface area contributed by atoms with Crippen molar-refractivity contribution in [2.75, 3.05) is 12.3 Å². The molecule has 0 radical (unpaired) electrons. The van der Waals surface area contributed by atoms with E-state index in [-0.39, 0.29) is 29.7 Å². The molecule has 0 aromatic carbocycles. The van der Waals surface area contributed by atoms with Crippen molar-refractivity contribution in [3.63, 3.8) is 0 Å². The van der Waals surface area contributed by atoms with Crippen LogP contribution < -0.4 is 5.73 Å². The normalized spacial score (nSPS) is 34.5. The zero-order valence-electron chi connectivity index (χ0n) is 14.5. The highest BCUT2D eigenvalue weighted by Crippen LogP contribution is 2.60. The highest BCUT2D eigenvalue weighted by atomic mass is 31.2. The average molecular weight is 387 g/mol. The zero-order chi connectivity index (χ0) is 18.7. The number of phosphoric acid groups is 1. The van der Waals surface area contributed by atoms with Crippen molar-refractivity contribution in [2.45, 2.75) is 51.2 Å². The largest absolute Gasteiger partial charge is 0.475 e. The summed E-state index contributed by atoms with van der Waals surface area (Å²) in [5, 5.41) is 0. The van der Waals surface area contributed by atoms with Crippen LogP contribution in [0.4, 0.5) is 10.2 Å². The third-order valence-corrected chi connectivity index (χ3v) is 5.98. The van der Waals surface area contributed by atoms with Gasteiger partial charge in [-0.15, -0.1) is 0 Å². The third kappa shape index (κ3) is 2.89. The van der Waals surface area contributed by atoms with Gasteiger partial charge in [-0.05, 0) is 20.8 Å². The first-order valence-electron chi connectivity index (χ1n) is 8.14. The molecule has 0 amide bonds. The maximum atomic E-state index is 13.6. The van der Waals surface area contributed by atoms with E-state index in [1.165, 1.54) is 6.33 Å². The van der Waals surface area contributed by atoms with Gasteiger partial charge in [-0.1, -0.05) is 0 Å². The van der Waals surface area contributed by atoms with Crippen LogP contribution in [0.5, 0.6) is 0 Å². The van der Waals surface area contributed by atoms with Gasteiger partial charge in [0.05, 0.1) is 19.0 Å². The maximum Gasteiger partial charge on any atom is 0.475 e. The van der Waals surface area contributed by atoms with E-state index in [0.717, 1.165) is 0 Å². The van der Waals surface area contributed by atoms with E-state index in [1.54, 1.807) is 25.3 Å². The Kier molecular flexibility index (Phi) is 4.05. The molecule has 142 valence electrons. The van der Waals surface area contributed by atoms with Crippen molar-refractivity contribution in [1.82, 2.24) is 19.5 Å². The van der Waals surface area contributed by atoms with E-state index < -0.39 is 31.8 Å². The Morgan fingerprint density at radius 2 is 2.27 bits per heavy atom. The summed E-state index contributed by atoms with van der Waals surface area (Å²) in [6.45, 7) is 5.31. The van der Waals surface area contributed by atoms with Crippen LogP contribution in [0.15, 0.2) is 6.33 Å². The highest BCUT2D eigenvalue weighted by Gasteiger charge is 2.55. The number of hydrogen-bond acceptors (Lipinski definition) is 9. The first-order chi connectivity index (χ1) is 12.2. The van der Waals surface area contributed by atoms with E-state index in [2.05, 4.69) is 15.0 Å². The Bertz CT molecular complexity index is 907. The lowest BCUT2D eigenvalue weighted by atomic mass is 10.0. The molecule has 0 spiro atoms. The van der Waals surface area contributed by atoms with Gasteiger partial charge in [-0.25, -0.2) is 9.55 Å². The molecule has 2 N–H and O–H groups in total. The predicted octanol–water partition coefficient (Wildman–Crippen LogP) is 2.17. The first kappa shape index (κ1) is 17.7. The quantitative estimate of drug-likeness (QED) is 0.623. The number of imidazole rings is 1. The van der Waals surface area contributed by atoms with Gasteiger partial charge in [0, 0.05) is 6.42 Å². The lowest BCUT2D eigenvalue weighted by molar-refractivity contribution is -0.137. The van der Waals surface area contributed by atoms with Gasteiger partial charge in [-0.3, -0.25) is 18.1 Å². The smallest absolute Gasteiger partial charge is 0.382 e. The van der Waals surface area contributed by atoms with Crippen molar-refractivity contribution in [1.29, 1.82) is 0 Å². The number of nitrogens with two attached hydrogens (primary N) is 1. The number of ether oxygens (including phenoxy) is 1. The number of fused-ring (bicyclic) bond motifs is 2. The Labute approximate surface area is 148 Å². The molecule has 2 aliphatic heterocycles. The summed E-state index contributed by atoms with van der Waals surface area (Å²) in [5.41, 5.74) is 5.34. The molecule has 0 bridgehead atoms. The second kappa shape index (κ2) is 5.93. The minimum absolute atomic E-state index is 0.0380. The number of anilines is 1. The molecule has 2 saturated heterocycles. The fourth-order valence-corrected chi connectivity index (χ4v) is 4.87. The van der Waals surface area contributed by atoms with E-state index in [1.807, 2.05) is 0 Å². The van der Waals surface area contributed by atoms with Crippen molar-refractivity contribution < 1.29 is 27.3 Å². The van der Waals surface area contributed by atoms with Crippen LogP contribution in [0, 0.1) is 6.08 Å². The van der Waals surface area contributed by atoms with Crippen LogP contribution in [0.2, 0.25) is 0 Å². The Balaban J connectivity index is 1.63. The van der Waals surface area contributed by atoms with Gasteiger partial charge in [0.15, 0.2) is 17.0 Å². The molecule has 1 unspecified atom stereocenters. The Morgan fingerprint density at radius 1 is 1.50 bits per heavy atom. The monoisotopic (exact) mass is 387 g/mol. The number of nitrogen functional groups attached to an aromatic ring is 1. The summed E-state index contributed by atoms with van der Waals surface area (Å²) < 4.78 is 50.0. The van der Waals surface area contributed by atoms with Gasteiger partial charge in [0.25, 0.3) is 0 Å². The maximum absolute atomic E-state index is 13.6. The number of hydrogen-bond donors (Lipinski definition) is 1. The van der Waals surface area contributed by atoms with Crippen molar-refractivity contribution in [3.05, 3.63) is 12.4 Å². The fourth-order valence-electron chi connectivity index (χ4n) is 3.15. The molecule has 0 saturated carbocycles. The molecule has 2 fully saturated rings. The van der Waals surface area contributed by atoms with Crippen molar-refractivity contribution >= 4 is 24.8 Å². The van der Waals surface area contributed by atoms with E-state index in [0.29, 0.717) is 6.42 Å². The van der Waals surface area contributed by atoms with Crippen LogP contribution in [0.25, 0.3) is 11.2 Å². The van der Waals surface area contributed by atoms with Gasteiger partial charge in [-0.2, -0.15) is 14.4 Å². The topological polar surface area (TPSA) is 124 Å². The number of nitrogens with zero attached hydrogens (tertiary/aromatic N) is 4. The summed E-state index contributed by atoms with van der Waals surface area (Å²) in [5.74, 6) is -0.0534. The van der Waals surface area contributed by atoms with Crippen molar-refractivity contribution in [3.8, 4) is 0 Å². The predicted molar refractivity (Wildman–Crippen MR) is 87.5 cm³/mol. The summed E-state index contributed by atoms with van der Waals surface area (Å²) in [7, 11) is -3.66. The molecular weight excluding hydrogens is 368 g/mol. The number of aromatic nitrogens is 4. The Hall–Kier alpha value is -1.65. The first-order valence-corrected chi connectivity index (χ1v) is 9.60. The molecule has 26 heavy (non-hydrogen) atoms. The molecule has 4 atom stereocenters. The molecule has 0 aliphatic carbocycles. The molecule has 4 rings (SSSR count). The standard InChI is InChI=1S/C14H19FN5O5P/c1-7(2)24-26(21)22-5-14(3)8(25-26)4-9(23-14)20-6-17-10-11(16)18-13(15)19-12(10)20/h6-9H,4-5H2,1-3H3,(H2,16,18,19)/t8-,9+,14+,26?/m0/s1. The second-order valence-electron chi connectivity index (χ2n) is 6.79. The summed E-state index contributed by atoms with van der Waals surface area (Å²) in [4.78, 5) is 11.3.